The Balaban J connectivity index is 1.72. The molecule has 0 saturated heterocycles. The van der Waals surface area contributed by atoms with E-state index in [1.165, 1.54) is 11.1 Å². The average Bonchev–Trinajstić information content (AvgIpc) is 3.58. The van der Waals surface area contributed by atoms with Crippen molar-refractivity contribution in [3.05, 3.63) is 100.0 Å². The van der Waals surface area contributed by atoms with Gasteiger partial charge in [-0.25, -0.2) is 4.39 Å². The highest BCUT2D eigenvalue weighted by Gasteiger charge is 2.47. The summed E-state index contributed by atoms with van der Waals surface area (Å²) in [5.41, 5.74) is 5.51. The lowest BCUT2D eigenvalue weighted by Gasteiger charge is -2.44. The largest absolute Gasteiger partial charge is 0.497 e. The van der Waals surface area contributed by atoms with Crippen molar-refractivity contribution < 1.29 is 9.13 Å². The maximum atomic E-state index is 13.5. The van der Waals surface area contributed by atoms with Crippen molar-refractivity contribution in [3.8, 4) is 0 Å². The molecule has 1 N–H and O–H groups in total. The molecule has 2 aromatic rings. The summed E-state index contributed by atoms with van der Waals surface area (Å²) in [4.78, 5) is 1.93. The Morgan fingerprint density at radius 2 is 1.81 bits per heavy atom. The van der Waals surface area contributed by atoms with Crippen molar-refractivity contribution in [2.75, 3.05) is 7.11 Å². The zero-order valence-corrected chi connectivity index (χ0v) is 29.1. The number of benzene rings is 1. The van der Waals surface area contributed by atoms with Crippen LogP contribution in [0.15, 0.2) is 73.6 Å². The highest BCUT2D eigenvalue weighted by atomic mass is 32.1. The zero-order chi connectivity index (χ0) is 32.1. The summed E-state index contributed by atoms with van der Waals surface area (Å²) >= 11 is 1.55. The number of thiophene rings is 1. The first-order valence-corrected chi connectivity index (χ1v) is 16.8. The van der Waals surface area contributed by atoms with Gasteiger partial charge in [0, 0.05) is 33.2 Å². The zero-order valence-electron chi connectivity index (χ0n) is 28.3. The molecule has 0 amide bonds. The molecule has 4 heteroatoms. The predicted molar refractivity (Wildman–Crippen MR) is 186 cm³/mol. The van der Waals surface area contributed by atoms with Gasteiger partial charge in [-0.15, -0.1) is 17.9 Å². The minimum atomic E-state index is -0.421. The van der Waals surface area contributed by atoms with E-state index in [1.807, 2.05) is 6.07 Å². The van der Waals surface area contributed by atoms with Crippen molar-refractivity contribution in [1.82, 2.24) is 5.32 Å². The van der Waals surface area contributed by atoms with Crippen LogP contribution >= 0.6 is 11.3 Å². The minimum absolute atomic E-state index is 0.154. The number of rotatable bonds is 15. The first-order valence-electron chi connectivity index (χ1n) is 16.0. The lowest BCUT2D eigenvalue weighted by atomic mass is 9.60. The second-order valence-electron chi connectivity index (χ2n) is 13.7. The number of hydrogen-bond acceptors (Lipinski definition) is 3. The molecule has 1 aliphatic carbocycles. The van der Waals surface area contributed by atoms with Gasteiger partial charge in [0.25, 0.3) is 0 Å². The molecule has 2 nitrogen and oxygen atoms in total. The number of aryl methyl sites for hydroxylation is 1. The van der Waals surface area contributed by atoms with Crippen molar-refractivity contribution >= 4 is 16.9 Å². The third-order valence-electron chi connectivity index (χ3n) is 10.6. The van der Waals surface area contributed by atoms with Crippen LogP contribution in [-0.4, -0.2) is 13.2 Å². The molecular formula is C39H56FNOS. The average molecular weight is 606 g/mol. The Labute approximate surface area is 266 Å². The molecule has 43 heavy (non-hydrogen) atoms. The van der Waals surface area contributed by atoms with Crippen molar-refractivity contribution in [2.45, 2.75) is 99.3 Å². The fourth-order valence-electron chi connectivity index (χ4n) is 7.03. The second-order valence-corrected chi connectivity index (χ2v) is 15.0. The lowest BCUT2D eigenvalue weighted by Crippen LogP contribution is -2.36. The third-order valence-corrected chi connectivity index (χ3v) is 11.6. The van der Waals surface area contributed by atoms with Gasteiger partial charge in [0.1, 0.15) is 12.4 Å². The fraction of sp³-hybridized carbons (Fsp3) is 0.538. The quantitative estimate of drug-likeness (QED) is 0.124. The Bertz CT molecular complexity index is 1300. The first-order chi connectivity index (χ1) is 20.2. The molecule has 0 bridgehead atoms. The van der Waals surface area contributed by atoms with E-state index in [0.717, 1.165) is 58.0 Å². The number of nitrogens with one attached hydrogen (secondary N) is 1. The number of alkyl halides is 1. The van der Waals surface area contributed by atoms with Gasteiger partial charge < -0.3 is 10.1 Å². The van der Waals surface area contributed by atoms with Crippen molar-refractivity contribution in [3.63, 3.8) is 0 Å². The first kappa shape index (κ1) is 35.1. The summed E-state index contributed by atoms with van der Waals surface area (Å²) in [6, 6.07) is 11.4. The summed E-state index contributed by atoms with van der Waals surface area (Å²) in [6.07, 6.45) is 7.54. The molecule has 1 aliphatic rings. The minimum Gasteiger partial charge on any atom is -0.497 e. The van der Waals surface area contributed by atoms with Gasteiger partial charge in [-0.3, -0.25) is 0 Å². The van der Waals surface area contributed by atoms with Crippen LogP contribution < -0.4 is 5.32 Å². The topological polar surface area (TPSA) is 21.3 Å². The highest BCUT2D eigenvalue weighted by molar-refractivity contribution is 7.12. The van der Waals surface area contributed by atoms with Gasteiger partial charge in [-0.2, -0.15) is 0 Å². The smallest absolute Gasteiger partial charge is 0.124 e. The van der Waals surface area contributed by atoms with E-state index < -0.39 is 6.67 Å². The normalized spacial score (nSPS) is 22.1. The van der Waals surface area contributed by atoms with Gasteiger partial charge >= 0.3 is 0 Å². The van der Waals surface area contributed by atoms with Crippen LogP contribution in [0, 0.1) is 36.0 Å². The van der Waals surface area contributed by atoms with Crippen LogP contribution in [0.1, 0.15) is 94.2 Å². The Morgan fingerprint density at radius 3 is 2.35 bits per heavy atom. The lowest BCUT2D eigenvalue weighted by molar-refractivity contribution is 0.171. The summed E-state index contributed by atoms with van der Waals surface area (Å²) < 4.78 is 19.3. The van der Waals surface area contributed by atoms with Crippen LogP contribution in [0.5, 0.6) is 0 Å². The van der Waals surface area contributed by atoms with Gasteiger partial charge in [-0.1, -0.05) is 92.0 Å². The molecule has 1 saturated carbocycles. The van der Waals surface area contributed by atoms with Crippen LogP contribution in [0.2, 0.25) is 0 Å². The van der Waals surface area contributed by atoms with E-state index in [9.17, 15) is 4.39 Å². The van der Waals surface area contributed by atoms with Crippen LogP contribution in [0.4, 0.5) is 4.39 Å². The highest BCUT2D eigenvalue weighted by Crippen LogP contribution is 2.55. The maximum Gasteiger partial charge on any atom is 0.124 e. The Kier molecular flexibility index (Phi) is 11.9. The monoisotopic (exact) mass is 605 g/mol. The van der Waals surface area contributed by atoms with E-state index in [4.69, 9.17) is 4.74 Å². The number of ether oxygens (including phenoxy) is 1. The molecule has 6 atom stereocenters. The molecule has 1 heterocycles. The molecule has 0 aliphatic heterocycles. The summed E-state index contributed by atoms with van der Waals surface area (Å²) in [6.45, 7) is 31.5. The Morgan fingerprint density at radius 1 is 1.16 bits per heavy atom. The SMILES string of the molecule is C=CC(C)C(C)(C(=C)c1cc(CF)sc1C)C1CC(NCc2ccc(C(C)(C)/C=C(/OC)C(=C)C(C)CC)cc2)CC1C. The number of allylic oxidation sites excluding steroid dienone is 4. The van der Waals surface area contributed by atoms with Crippen LogP contribution in [0.25, 0.3) is 5.57 Å². The maximum absolute atomic E-state index is 13.5. The predicted octanol–water partition coefficient (Wildman–Crippen LogP) is 11.0. The molecular weight excluding hydrogens is 550 g/mol. The van der Waals surface area contributed by atoms with Crippen molar-refractivity contribution in [1.29, 1.82) is 0 Å². The molecule has 1 aromatic heterocycles. The Hall–Kier alpha value is -2.43. The molecule has 1 fully saturated rings. The van der Waals surface area contributed by atoms with Crippen molar-refractivity contribution in [2.24, 2.45) is 29.1 Å². The molecule has 236 valence electrons. The number of hydrogen-bond donors (Lipinski definition) is 1. The van der Waals surface area contributed by atoms with Gasteiger partial charge in [0.15, 0.2) is 0 Å². The fourth-order valence-corrected chi connectivity index (χ4v) is 7.95. The molecule has 3 rings (SSSR count). The van der Waals surface area contributed by atoms with Crippen LogP contribution in [0.3, 0.4) is 0 Å². The molecule has 6 unspecified atom stereocenters. The summed E-state index contributed by atoms with van der Waals surface area (Å²) in [5, 5.41) is 3.88. The van der Waals surface area contributed by atoms with E-state index in [2.05, 4.69) is 117 Å². The van der Waals surface area contributed by atoms with Gasteiger partial charge in [-0.05, 0) is 89.8 Å². The second kappa shape index (κ2) is 14.6. The van der Waals surface area contributed by atoms with Crippen LogP contribution in [-0.2, 0) is 23.4 Å². The summed E-state index contributed by atoms with van der Waals surface area (Å²) in [7, 11) is 1.74. The molecule has 0 spiro atoms. The third kappa shape index (κ3) is 7.63. The van der Waals surface area contributed by atoms with E-state index in [-0.39, 0.29) is 16.7 Å². The molecule has 0 radical (unpaired) electrons. The number of methoxy groups -OCH3 is 1. The van der Waals surface area contributed by atoms with Gasteiger partial charge in [0.05, 0.1) is 7.11 Å². The molecule has 1 aromatic carbocycles. The number of halogens is 1. The standard InChI is InChI=1S/C39H56FNOS/c1-13-25(3)28(6)37(42-12)22-38(9,10)32-17-15-31(16-18-32)24-41-33-19-26(4)36(20-33)39(11,27(5)14-2)29(7)35-21-34(23-40)43-30(35)8/h14-18,21-22,25-27,33,36,41H,2,6-7,13,19-20,23-24H2,1,3-5,8-12H3/b37-22+. The van der Waals surface area contributed by atoms with E-state index in [1.54, 1.807) is 18.4 Å². The van der Waals surface area contributed by atoms with Gasteiger partial charge in [0.2, 0.25) is 0 Å². The summed E-state index contributed by atoms with van der Waals surface area (Å²) in [5.74, 6) is 2.51. The van der Waals surface area contributed by atoms with E-state index in [0.29, 0.717) is 23.8 Å². The van der Waals surface area contributed by atoms with E-state index >= 15 is 0 Å².